The molecule has 0 saturated carbocycles. The van der Waals surface area contributed by atoms with Crippen LogP contribution < -0.4 is 0 Å². The van der Waals surface area contributed by atoms with E-state index >= 15 is 0 Å². The van der Waals surface area contributed by atoms with Crippen LogP contribution in [0, 0.1) is 0 Å². The maximum atomic E-state index is 12.9. The normalized spacial score (nSPS) is 13.8. The first-order valence-electron chi connectivity index (χ1n) is 7.89. The second-order valence-electron chi connectivity index (χ2n) is 6.12. The standard InChI is InChI=1S/C19H12Cl4O5S/c20-13-3-1-2-10(6-13)19(29(26,27)28,11-4-5-14(21)15(22)7-11)12-8-16(23)18(25)17(24)9-12/h1-9,24-25H,(H,26,27,28). The Morgan fingerprint density at radius 1 is 0.724 bits per heavy atom. The molecule has 3 N–H and O–H groups in total. The predicted octanol–water partition coefficient (Wildman–Crippen LogP) is 5.89. The minimum atomic E-state index is -4.99. The lowest BCUT2D eigenvalue weighted by molar-refractivity contribution is 0.402. The first-order valence-corrected chi connectivity index (χ1v) is 10.8. The van der Waals surface area contributed by atoms with Gasteiger partial charge < -0.3 is 10.2 Å². The Bertz CT molecular complexity index is 1190. The van der Waals surface area contributed by atoms with Gasteiger partial charge in [0.2, 0.25) is 0 Å². The van der Waals surface area contributed by atoms with E-state index in [4.69, 9.17) is 46.4 Å². The number of benzene rings is 3. The topological polar surface area (TPSA) is 94.8 Å². The zero-order chi connectivity index (χ0) is 21.6. The Hall–Kier alpha value is -1.67. The molecule has 0 aromatic heterocycles. The molecule has 10 heteroatoms. The summed E-state index contributed by atoms with van der Waals surface area (Å²) in [7, 11) is -4.99. The van der Waals surface area contributed by atoms with Crippen molar-refractivity contribution in [2.24, 2.45) is 0 Å². The van der Waals surface area contributed by atoms with E-state index in [1.165, 1.54) is 42.5 Å². The number of aromatic hydroxyl groups is 2. The molecule has 1 atom stereocenters. The van der Waals surface area contributed by atoms with Gasteiger partial charge in [-0.05, 0) is 53.1 Å². The smallest absolute Gasteiger partial charge is 0.283 e. The Labute approximate surface area is 186 Å². The summed E-state index contributed by atoms with van der Waals surface area (Å²) in [6.45, 7) is 0. The molecule has 0 bridgehead atoms. The van der Waals surface area contributed by atoms with Crippen molar-refractivity contribution in [2.45, 2.75) is 4.75 Å². The summed E-state index contributed by atoms with van der Waals surface area (Å²) in [5, 5.41) is 20.0. The van der Waals surface area contributed by atoms with Gasteiger partial charge >= 0.3 is 0 Å². The van der Waals surface area contributed by atoms with Crippen LogP contribution in [0.2, 0.25) is 20.1 Å². The van der Waals surface area contributed by atoms with E-state index in [2.05, 4.69) is 0 Å². The predicted molar refractivity (Wildman–Crippen MR) is 114 cm³/mol. The molecular weight excluding hydrogens is 482 g/mol. The van der Waals surface area contributed by atoms with Crippen molar-refractivity contribution in [3.8, 4) is 11.5 Å². The molecule has 3 aromatic rings. The molecule has 0 heterocycles. The Balaban J connectivity index is 2.56. The minimum absolute atomic E-state index is 0.0119. The van der Waals surface area contributed by atoms with Gasteiger partial charge in [-0.3, -0.25) is 4.55 Å². The van der Waals surface area contributed by atoms with E-state index in [9.17, 15) is 23.2 Å². The highest BCUT2D eigenvalue weighted by Gasteiger charge is 2.49. The third-order valence-electron chi connectivity index (χ3n) is 4.39. The van der Waals surface area contributed by atoms with Gasteiger partial charge in [0.05, 0.1) is 15.1 Å². The average Bonchev–Trinajstić information content (AvgIpc) is 2.62. The van der Waals surface area contributed by atoms with Crippen LogP contribution in [0.5, 0.6) is 11.5 Å². The zero-order valence-corrected chi connectivity index (χ0v) is 18.1. The molecule has 0 aliphatic carbocycles. The van der Waals surface area contributed by atoms with Crippen molar-refractivity contribution in [1.29, 1.82) is 0 Å². The lowest BCUT2D eigenvalue weighted by atomic mass is 9.83. The number of rotatable bonds is 4. The SMILES string of the molecule is O=S(=O)(O)C(c1cccc(Cl)c1)(c1ccc(Cl)c(Cl)c1)c1cc(O)c(O)c(Cl)c1. The van der Waals surface area contributed by atoms with Crippen molar-refractivity contribution in [2.75, 3.05) is 0 Å². The molecule has 0 aliphatic heterocycles. The van der Waals surface area contributed by atoms with Gasteiger partial charge in [-0.2, -0.15) is 8.42 Å². The highest BCUT2D eigenvalue weighted by atomic mass is 35.5. The fourth-order valence-electron chi connectivity index (χ4n) is 3.16. The van der Waals surface area contributed by atoms with Gasteiger partial charge in [0.1, 0.15) is 0 Å². The molecule has 3 rings (SSSR count). The minimum Gasteiger partial charge on any atom is -0.504 e. The number of hydrogen-bond acceptors (Lipinski definition) is 4. The van der Waals surface area contributed by atoms with Crippen molar-refractivity contribution in [1.82, 2.24) is 0 Å². The third-order valence-corrected chi connectivity index (χ3v) is 7.14. The summed E-state index contributed by atoms with van der Waals surface area (Å²) in [6.07, 6.45) is 0. The number of phenolic OH excluding ortho intramolecular Hbond substituents is 2. The highest BCUT2D eigenvalue weighted by Crippen LogP contribution is 2.48. The van der Waals surface area contributed by atoms with Crippen LogP contribution in [0.15, 0.2) is 54.6 Å². The lowest BCUT2D eigenvalue weighted by Crippen LogP contribution is -2.38. The Kier molecular flexibility index (Phi) is 5.98. The summed E-state index contributed by atoms with van der Waals surface area (Å²) in [5.41, 5.74) is -0.0918. The maximum Gasteiger partial charge on any atom is 0.283 e. The van der Waals surface area contributed by atoms with Crippen LogP contribution in [0.1, 0.15) is 16.7 Å². The van der Waals surface area contributed by atoms with Gasteiger partial charge in [0.25, 0.3) is 10.1 Å². The molecule has 152 valence electrons. The summed E-state index contributed by atoms with van der Waals surface area (Å²) in [5.74, 6) is -1.32. The molecule has 0 radical (unpaired) electrons. The third kappa shape index (κ3) is 3.77. The van der Waals surface area contributed by atoms with E-state index in [0.29, 0.717) is 0 Å². The van der Waals surface area contributed by atoms with E-state index < -0.39 is 26.4 Å². The van der Waals surface area contributed by atoms with E-state index in [0.717, 1.165) is 12.1 Å². The Morgan fingerprint density at radius 3 is 1.90 bits per heavy atom. The van der Waals surface area contributed by atoms with Crippen LogP contribution in [0.4, 0.5) is 0 Å². The van der Waals surface area contributed by atoms with Crippen LogP contribution in [-0.4, -0.2) is 23.2 Å². The van der Waals surface area contributed by atoms with Gasteiger partial charge in [0.15, 0.2) is 16.2 Å². The van der Waals surface area contributed by atoms with Crippen molar-refractivity contribution in [3.63, 3.8) is 0 Å². The molecule has 3 aromatic carbocycles. The lowest BCUT2D eigenvalue weighted by Gasteiger charge is -2.33. The second-order valence-corrected chi connectivity index (χ2v) is 9.34. The van der Waals surface area contributed by atoms with Gasteiger partial charge in [-0.15, -0.1) is 0 Å². The second kappa shape index (κ2) is 7.87. The molecule has 0 fully saturated rings. The summed E-state index contributed by atoms with van der Waals surface area (Å²) in [6, 6.07) is 11.9. The maximum absolute atomic E-state index is 12.9. The molecule has 1 unspecified atom stereocenters. The van der Waals surface area contributed by atoms with Crippen molar-refractivity contribution in [3.05, 3.63) is 91.4 Å². The molecule has 29 heavy (non-hydrogen) atoms. The van der Waals surface area contributed by atoms with Gasteiger partial charge in [-0.25, -0.2) is 0 Å². The number of halogens is 4. The molecular formula is C19H12Cl4O5S. The zero-order valence-electron chi connectivity index (χ0n) is 14.3. The first kappa shape index (κ1) is 22.0. The first-order chi connectivity index (χ1) is 13.5. The molecule has 0 amide bonds. The highest BCUT2D eigenvalue weighted by molar-refractivity contribution is 7.87. The largest absolute Gasteiger partial charge is 0.504 e. The fraction of sp³-hybridized carbons (Fsp3) is 0.0526. The number of hydrogen-bond donors (Lipinski definition) is 3. The molecule has 0 spiro atoms. The van der Waals surface area contributed by atoms with Gasteiger partial charge in [-0.1, -0.05) is 64.6 Å². The average molecular weight is 494 g/mol. The van der Waals surface area contributed by atoms with Crippen LogP contribution in [0.3, 0.4) is 0 Å². The fourth-order valence-corrected chi connectivity index (χ4v) is 5.13. The monoisotopic (exact) mass is 492 g/mol. The molecule has 0 saturated heterocycles. The van der Waals surface area contributed by atoms with Crippen molar-refractivity contribution >= 4 is 56.5 Å². The van der Waals surface area contributed by atoms with Gasteiger partial charge in [0, 0.05) is 5.02 Å². The van der Waals surface area contributed by atoms with Crippen LogP contribution >= 0.6 is 46.4 Å². The van der Waals surface area contributed by atoms with Crippen LogP contribution in [-0.2, 0) is 14.9 Å². The van der Waals surface area contributed by atoms with Crippen molar-refractivity contribution < 1.29 is 23.2 Å². The van der Waals surface area contributed by atoms with E-state index in [1.807, 2.05) is 0 Å². The summed E-state index contributed by atoms with van der Waals surface area (Å²) < 4.78 is 34.0. The van der Waals surface area contributed by atoms with Crippen LogP contribution in [0.25, 0.3) is 0 Å². The Morgan fingerprint density at radius 2 is 1.34 bits per heavy atom. The summed E-state index contributed by atoms with van der Waals surface area (Å²) >= 11 is 24.1. The quantitative estimate of drug-likeness (QED) is 0.239. The van der Waals surface area contributed by atoms with E-state index in [-0.39, 0.29) is 36.8 Å². The summed E-state index contributed by atoms with van der Waals surface area (Å²) in [4.78, 5) is 0. The number of phenols is 2. The molecule has 0 aliphatic rings. The molecule has 5 nitrogen and oxygen atoms in total. The van der Waals surface area contributed by atoms with E-state index in [1.54, 1.807) is 0 Å².